The summed E-state index contributed by atoms with van der Waals surface area (Å²) in [6.45, 7) is 2.88. The first-order chi connectivity index (χ1) is 20.6. The van der Waals surface area contributed by atoms with Crippen LogP contribution in [0.4, 0.5) is 0 Å². The number of ketones is 2. The summed E-state index contributed by atoms with van der Waals surface area (Å²) in [5.41, 5.74) is 1.09. The maximum atomic E-state index is 12.7. The average molecular weight is 593 g/mol. The van der Waals surface area contributed by atoms with Crippen molar-refractivity contribution in [3.63, 3.8) is 0 Å². The fourth-order valence-electron chi connectivity index (χ4n) is 3.59. The molecule has 0 heterocycles. The lowest BCUT2D eigenvalue weighted by Gasteiger charge is -2.15. The lowest BCUT2D eigenvalue weighted by Crippen LogP contribution is -2.24. The zero-order chi connectivity index (χ0) is 32.0. The Kier molecular flexibility index (Phi) is 17.9. The maximum absolute atomic E-state index is 12.7. The number of hydrogen-bond acceptors (Lipinski definition) is 9. The van der Waals surface area contributed by atoms with Crippen LogP contribution >= 0.6 is 0 Å². The van der Waals surface area contributed by atoms with E-state index in [2.05, 4.69) is 9.47 Å². The molecule has 0 aromatic heterocycles. The Morgan fingerprint density at radius 1 is 0.651 bits per heavy atom. The zero-order valence-corrected chi connectivity index (χ0v) is 25.4. The largest absolute Gasteiger partial charge is 0.465 e. The molecular formula is C34H40O9. The summed E-state index contributed by atoms with van der Waals surface area (Å²) in [5, 5.41) is 0. The minimum Gasteiger partial charge on any atom is -0.465 e. The Morgan fingerprint density at radius 3 is 1.60 bits per heavy atom. The highest BCUT2D eigenvalue weighted by Gasteiger charge is 2.23. The molecule has 0 saturated heterocycles. The molecule has 0 amide bonds. The van der Waals surface area contributed by atoms with Crippen molar-refractivity contribution in [3.05, 3.63) is 96.1 Å². The quantitative estimate of drug-likeness (QED) is 0.189. The summed E-state index contributed by atoms with van der Waals surface area (Å²) in [6, 6.07) is 24.6. The summed E-state index contributed by atoms with van der Waals surface area (Å²) in [5.74, 6) is -1.73. The second kappa shape index (κ2) is 21.1. The van der Waals surface area contributed by atoms with E-state index < -0.39 is 23.8 Å². The number of hydrogen-bond donors (Lipinski definition) is 0. The fraction of sp³-hybridized carbons (Fsp3) is 0.324. The number of carbonyl (C=O) groups is 5. The monoisotopic (exact) mass is 592 g/mol. The molecule has 0 fully saturated rings. The normalized spacial score (nSPS) is 10.4. The predicted octanol–water partition coefficient (Wildman–Crippen LogP) is 5.83. The van der Waals surface area contributed by atoms with Gasteiger partial charge in [0.1, 0.15) is 23.1 Å². The Labute approximate surface area is 253 Å². The molecule has 43 heavy (non-hydrogen) atoms. The maximum Gasteiger partial charge on any atom is 0.337 e. The van der Waals surface area contributed by atoms with E-state index in [-0.39, 0.29) is 36.6 Å². The first kappa shape index (κ1) is 36.4. The highest BCUT2D eigenvalue weighted by molar-refractivity contribution is 5.89. The zero-order valence-electron chi connectivity index (χ0n) is 25.4. The smallest absolute Gasteiger partial charge is 0.337 e. The van der Waals surface area contributed by atoms with Crippen LogP contribution in [0, 0.1) is 5.92 Å². The molecule has 3 aromatic rings. The summed E-state index contributed by atoms with van der Waals surface area (Å²) in [7, 11) is 4.52. The first-order valence-corrected chi connectivity index (χ1v) is 13.7. The molecule has 0 saturated carbocycles. The summed E-state index contributed by atoms with van der Waals surface area (Å²) in [4.78, 5) is 58.8. The third kappa shape index (κ3) is 16.4. The highest BCUT2D eigenvalue weighted by atomic mass is 16.5. The van der Waals surface area contributed by atoms with Crippen molar-refractivity contribution in [2.75, 3.05) is 21.3 Å². The lowest BCUT2D eigenvalue weighted by molar-refractivity contribution is -0.141. The van der Waals surface area contributed by atoms with Crippen LogP contribution in [0.25, 0.3) is 0 Å². The van der Waals surface area contributed by atoms with E-state index >= 15 is 0 Å². The topological polar surface area (TPSA) is 122 Å². The molecule has 0 aliphatic heterocycles. The van der Waals surface area contributed by atoms with Crippen molar-refractivity contribution in [3.8, 4) is 11.5 Å². The summed E-state index contributed by atoms with van der Waals surface area (Å²) >= 11 is 0. The van der Waals surface area contributed by atoms with Crippen molar-refractivity contribution in [1.82, 2.24) is 0 Å². The third-order valence-electron chi connectivity index (χ3n) is 5.57. The lowest BCUT2D eigenvalue weighted by atomic mass is 9.94. The predicted molar refractivity (Wildman–Crippen MR) is 162 cm³/mol. The second-order valence-corrected chi connectivity index (χ2v) is 9.48. The van der Waals surface area contributed by atoms with Gasteiger partial charge in [-0.25, -0.2) is 4.79 Å². The first-order valence-electron chi connectivity index (χ1n) is 13.7. The van der Waals surface area contributed by atoms with Gasteiger partial charge in [-0.1, -0.05) is 48.5 Å². The Morgan fingerprint density at radius 2 is 1.14 bits per heavy atom. The Hall–Kier alpha value is -4.63. The van der Waals surface area contributed by atoms with Gasteiger partial charge in [0.2, 0.25) is 0 Å². The number of Topliss-reactive ketones (excluding diaryl/α,β-unsaturated/α-hetero) is 2. The van der Waals surface area contributed by atoms with Gasteiger partial charge in [-0.05, 0) is 68.7 Å². The molecule has 9 nitrogen and oxygen atoms in total. The van der Waals surface area contributed by atoms with E-state index in [9.17, 15) is 24.0 Å². The Balaban J connectivity index is 0.000000882. The van der Waals surface area contributed by atoms with Gasteiger partial charge in [0, 0.05) is 33.5 Å². The highest BCUT2D eigenvalue weighted by Crippen LogP contribution is 2.21. The van der Waals surface area contributed by atoms with Gasteiger partial charge in [0.05, 0.1) is 18.6 Å². The van der Waals surface area contributed by atoms with Crippen molar-refractivity contribution in [2.24, 2.45) is 5.92 Å². The van der Waals surface area contributed by atoms with Crippen molar-refractivity contribution in [2.45, 2.75) is 46.0 Å². The van der Waals surface area contributed by atoms with Gasteiger partial charge in [-0.2, -0.15) is 0 Å². The van der Waals surface area contributed by atoms with Gasteiger partial charge < -0.3 is 28.5 Å². The second-order valence-electron chi connectivity index (χ2n) is 9.48. The van der Waals surface area contributed by atoms with E-state index in [1.807, 2.05) is 36.4 Å². The van der Waals surface area contributed by atoms with Crippen LogP contribution in [0.3, 0.4) is 0 Å². The minimum absolute atomic E-state index is 0.00592. The molecule has 0 aliphatic rings. The van der Waals surface area contributed by atoms with Crippen LogP contribution in [0.2, 0.25) is 0 Å². The van der Waals surface area contributed by atoms with Gasteiger partial charge in [-0.3, -0.25) is 9.59 Å². The van der Waals surface area contributed by atoms with E-state index in [4.69, 9.17) is 9.47 Å². The molecule has 0 N–H and O–H groups in total. The standard InChI is InChI=1S/C26H28O8.C6H6.C2H6O/c1-17(27)5-4-6-24(29)33-22-11-7-19(8-12-22)16-21(15-18(2)28)26(31)34-23-13-9-20(10-14-23)25(30)32-3;1-2-4-6-5-3-1;1-3-2/h7-14,21H,4-6,15-16H2,1-3H3;1-6H;1-2H3. The molecule has 1 unspecified atom stereocenters. The van der Waals surface area contributed by atoms with E-state index in [1.54, 1.807) is 38.5 Å². The SMILES string of the molecule is COC.COC(=O)c1ccc(OC(=O)C(CC(C)=O)Cc2ccc(OC(=O)CCCC(C)=O)cc2)cc1.c1ccccc1. The van der Waals surface area contributed by atoms with Crippen molar-refractivity contribution in [1.29, 1.82) is 0 Å². The van der Waals surface area contributed by atoms with Crippen LogP contribution in [0.15, 0.2) is 84.9 Å². The van der Waals surface area contributed by atoms with Crippen LogP contribution < -0.4 is 9.47 Å². The number of carbonyl (C=O) groups excluding carboxylic acids is 5. The number of esters is 3. The van der Waals surface area contributed by atoms with E-state index in [1.165, 1.54) is 45.2 Å². The number of methoxy groups -OCH3 is 2. The van der Waals surface area contributed by atoms with Crippen molar-refractivity contribution >= 4 is 29.5 Å². The van der Waals surface area contributed by atoms with Crippen LogP contribution in [0.5, 0.6) is 11.5 Å². The van der Waals surface area contributed by atoms with Crippen LogP contribution in [-0.4, -0.2) is 50.8 Å². The van der Waals surface area contributed by atoms with Gasteiger partial charge in [0.15, 0.2) is 0 Å². The molecule has 0 bridgehead atoms. The number of benzene rings is 3. The van der Waals surface area contributed by atoms with Gasteiger partial charge in [-0.15, -0.1) is 0 Å². The molecule has 0 aliphatic carbocycles. The molecule has 3 rings (SSSR count). The molecular weight excluding hydrogens is 552 g/mol. The van der Waals surface area contributed by atoms with Crippen molar-refractivity contribution < 1.29 is 42.9 Å². The summed E-state index contributed by atoms with van der Waals surface area (Å²) < 4.78 is 19.6. The molecule has 230 valence electrons. The average Bonchev–Trinajstić information content (AvgIpc) is 2.99. The number of ether oxygens (including phenoxy) is 4. The van der Waals surface area contributed by atoms with Gasteiger partial charge >= 0.3 is 17.9 Å². The Bertz CT molecular complexity index is 1240. The van der Waals surface area contributed by atoms with Crippen LogP contribution in [-0.2, 0) is 35.1 Å². The molecule has 9 heteroatoms. The number of rotatable bonds is 12. The van der Waals surface area contributed by atoms with E-state index in [0.29, 0.717) is 24.2 Å². The molecule has 3 aromatic carbocycles. The minimum atomic E-state index is -0.710. The fourth-order valence-corrected chi connectivity index (χ4v) is 3.59. The van der Waals surface area contributed by atoms with Gasteiger partial charge in [0.25, 0.3) is 0 Å². The van der Waals surface area contributed by atoms with Crippen LogP contribution in [0.1, 0.15) is 55.5 Å². The molecule has 1 atom stereocenters. The third-order valence-corrected chi connectivity index (χ3v) is 5.57. The molecule has 0 radical (unpaired) electrons. The summed E-state index contributed by atoms with van der Waals surface area (Å²) in [6.07, 6.45) is 1.18. The van der Waals surface area contributed by atoms with E-state index in [0.717, 1.165) is 5.56 Å². The molecule has 0 spiro atoms.